The van der Waals surface area contributed by atoms with E-state index in [-0.39, 0.29) is 21.4 Å². The summed E-state index contributed by atoms with van der Waals surface area (Å²) in [6, 6.07) is 10.6. The summed E-state index contributed by atoms with van der Waals surface area (Å²) in [5, 5.41) is 1.49. The monoisotopic (exact) mass is 560 g/mol. The van der Waals surface area contributed by atoms with Gasteiger partial charge in [0.25, 0.3) is 0 Å². The topological polar surface area (TPSA) is 73.8 Å². The predicted molar refractivity (Wildman–Crippen MR) is 148 cm³/mol. The first-order valence-corrected chi connectivity index (χ1v) is 14.9. The highest BCUT2D eigenvalue weighted by molar-refractivity contribution is 7.99. The van der Waals surface area contributed by atoms with E-state index in [0.29, 0.717) is 10.9 Å². The molecule has 0 amide bonds. The second-order valence-corrected chi connectivity index (χ2v) is 14.5. The molecule has 1 spiro atoms. The van der Waals surface area contributed by atoms with E-state index in [1.54, 1.807) is 6.20 Å². The van der Waals surface area contributed by atoms with Crippen molar-refractivity contribution in [1.29, 1.82) is 0 Å². The molecule has 0 bridgehead atoms. The van der Waals surface area contributed by atoms with Crippen LogP contribution in [0.3, 0.4) is 0 Å². The lowest BCUT2D eigenvalue weighted by atomic mass is 9.66. The summed E-state index contributed by atoms with van der Waals surface area (Å²) in [5.74, 6) is 0.374. The zero-order valence-electron chi connectivity index (χ0n) is 20.6. The van der Waals surface area contributed by atoms with E-state index in [1.165, 1.54) is 22.9 Å². The largest absolute Gasteiger partial charge is 0.598 e. The Balaban J connectivity index is 1.29. The van der Waals surface area contributed by atoms with E-state index in [4.69, 9.17) is 28.2 Å². The highest BCUT2D eigenvalue weighted by atomic mass is 35.5. The van der Waals surface area contributed by atoms with Crippen LogP contribution in [0.15, 0.2) is 58.8 Å². The van der Waals surface area contributed by atoms with E-state index < -0.39 is 11.4 Å². The normalized spacial score (nSPS) is 24.6. The molecular weight excluding hydrogens is 531 g/mol. The Bertz CT molecular complexity index is 1230. The second-order valence-electron chi connectivity index (χ2n) is 10.7. The number of nitrogens with one attached hydrogen (secondary N) is 1. The van der Waals surface area contributed by atoms with Crippen LogP contribution < -0.4 is 4.72 Å². The van der Waals surface area contributed by atoms with Crippen LogP contribution in [0.4, 0.5) is 0 Å². The molecule has 36 heavy (non-hydrogen) atoms. The molecule has 1 N–H and O–H groups in total. The molecule has 5 nitrogen and oxygen atoms in total. The van der Waals surface area contributed by atoms with Crippen LogP contribution in [0.25, 0.3) is 0 Å². The van der Waals surface area contributed by atoms with Gasteiger partial charge < -0.3 is 4.55 Å². The molecule has 5 rings (SSSR count). The van der Waals surface area contributed by atoms with E-state index in [1.807, 2.05) is 39.2 Å². The fourth-order valence-corrected chi connectivity index (χ4v) is 7.53. The Morgan fingerprint density at radius 2 is 1.81 bits per heavy atom. The number of benzene rings is 1. The van der Waals surface area contributed by atoms with Crippen LogP contribution in [0, 0.1) is 5.41 Å². The SMILES string of the molecule is CC(C)(C)[S@@+]([O-])N[C@H]1c2ccccc2C[C@]12CC[C@H](c1cnc(Sc3ccnc(Cl)c3Cl)cn1)CC2. The summed E-state index contributed by atoms with van der Waals surface area (Å²) in [6.45, 7) is 6.08. The minimum absolute atomic E-state index is 0.0850. The molecule has 2 heterocycles. The number of nitrogens with zero attached hydrogens (tertiary/aromatic N) is 3. The van der Waals surface area contributed by atoms with Crippen LogP contribution in [-0.4, -0.2) is 24.3 Å². The predicted octanol–water partition coefficient (Wildman–Crippen LogP) is 7.32. The summed E-state index contributed by atoms with van der Waals surface area (Å²) in [5.41, 5.74) is 3.81. The Hall–Kier alpha value is -1.35. The molecule has 0 aliphatic heterocycles. The molecule has 3 aromatic rings. The van der Waals surface area contributed by atoms with Crippen molar-refractivity contribution in [3.63, 3.8) is 0 Å². The Kier molecular flexibility index (Phi) is 7.61. The van der Waals surface area contributed by atoms with Crippen LogP contribution in [-0.2, 0) is 17.8 Å². The zero-order valence-corrected chi connectivity index (χ0v) is 23.8. The van der Waals surface area contributed by atoms with Crippen molar-refractivity contribution in [2.45, 2.75) is 79.5 Å². The van der Waals surface area contributed by atoms with Gasteiger partial charge in [0.15, 0.2) is 0 Å². The van der Waals surface area contributed by atoms with Gasteiger partial charge in [-0.3, -0.25) is 4.98 Å². The van der Waals surface area contributed by atoms with E-state index in [0.717, 1.165) is 47.7 Å². The van der Waals surface area contributed by atoms with Crippen LogP contribution in [0.2, 0.25) is 10.2 Å². The molecule has 1 saturated carbocycles. The Labute approximate surface area is 230 Å². The summed E-state index contributed by atoms with van der Waals surface area (Å²) in [7, 11) is 0. The van der Waals surface area contributed by atoms with Gasteiger partial charge in [0.1, 0.15) is 14.9 Å². The highest BCUT2D eigenvalue weighted by Gasteiger charge is 2.50. The number of pyridine rings is 1. The number of aromatic nitrogens is 3. The molecule has 0 radical (unpaired) electrons. The first kappa shape index (κ1) is 26.3. The quantitative estimate of drug-likeness (QED) is 0.260. The summed E-state index contributed by atoms with van der Waals surface area (Å²) in [4.78, 5) is 14.2. The van der Waals surface area contributed by atoms with Crippen LogP contribution in [0.1, 0.15) is 75.2 Å². The van der Waals surface area contributed by atoms with Crippen molar-refractivity contribution in [1.82, 2.24) is 19.7 Å². The van der Waals surface area contributed by atoms with E-state index >= 15 is 0 Å². The highest BCUT2D eigenvalue weighted by Crippen LogP contribution is 2.56. The molecule has 1 fully saturated rings. The van der Waals surface area contributed by atoms with Gasteiger partial charge >= 0.3 is 0 Å². The Morgan fingerprint density at radius 3 is 2.50 bits per heavy atom. The van der Waals surface area contributed by atoms with Gasteiger partial charge in [-0.15, -0.1) is 4.72 Å². The van der Waals surface area contributed by atoms with Gasteiger partial charge in [0, 0.05) is 28.4 Å². The maximum atomic E-state index is 13.1. The lowest BCUT2D eigenvalue weighted by Gasteiger charge is -2.42. The third-order valence-electron chi connectivity index (χ3n) is 7.38. The van der Waals surface area contributed by atoms with Crippen molar-refractivity contribution in [3.05, 3.63) is 75.9 Å². The zero-order chi connectivity index (χ0) is 25.5. The molecule has 0 saturated heterocycles. The van der Waals surface area contributed by atoms with Gasteiger partial charge in [-0.2, -0.15) is 0 Å². The van der Waals surface area contributed by atoms with Crippen molar-refractivity contribution in [3.8, 4) is 0 Å². The van der Waals surface area contributed by atoms with Gasteiger partial charge in [0.2, 0.25) is 0 Å². The van der Waals surface area contributed by atoms with E-state index in [2.05, 4.69) is 39.0 Å². The molecule has 2 atom stereocenters. The third kappa shape index (κ3) is 5.29. The van der Waals surface area contributed by atoms with Gasteiger partial charge in [-0.25, -0.2) is 9.97 Å². The maximum absolute atomic E-state index is 13.1. The lowest BCUT2D eigenvalue weighted by Crippen LogP contribution is -2.46. The summed E-state index contributed by atoms with van der Waals surface area (Å²) < 4.78 is 16.3. The fraction of sp³-hybridized carbons (Fsp3) is 0.444. The average molecular weight is 562 g/mol. The van der Waals surface area contributed by atoms with Crippen molar-refractivity contribution in [2.24, 2.45) is 5.41 Å². The average Bonchev–Trinajstić information content (AvgIpc) is 3.15. The van der Waals surface area contributed by atoms with E-state index in [9.17, 15) is 4.55 Å². The number of hydrogen-bond donors (Lipinski definition) is 1. The van der Waals surface area contributed by atoms with Crippen LogP contribution >= 0.6 is 35.0 Å². The van der Waals surface area contributed by atoms with Crippen molar-refractivity contribution >= 4 is 46.3 Å². The fourth-order valence-electron chi connectivity index (χ4n) is 5.40. The van der Waals surface area contributed by atoms with Gasteiger partial charge in [-0.1, -0.05) is 59.2 Å². The molecule has 2 aliphatic carbocycles. The minimum atomic E-state index is -1.13. The second kappa shape index (κ2) is 10.4. The standard InChI is InChI=1S/C27H30Cl2N4OS2/c1-26(2,3)36(34)33-24-19-7-5-4-6-18(19)14-27(24)11-8-17(9-12-27)20-15-32-22(16-31-20)35-21-10-13-30-25(29)23(21)28/h4-7,10,13,15-17,24,33H,8-9,11-12,14H2,1-3H3/t17-,24-,27+,36+/m0/s1. The van der Waals surface area contributed by atoms with Gasteiger partial charge in [-0.05, 0) is 75.5 Å². The van der Waals surface area contributed by atoms with Crippen molar-refractivity contribution in [2.75, 3.05) is 0 Å². The summed E-state index contributed by atoms with van der Waals surface area (Å²) >= 11 is 12.6. The molecular formula is C27H30Cl2N4OS2. The van der Waals surface area contributed by atoms with Crippen LogP contribution in [0.5, 0.6) is 0 Å². The smallest absolute Gasteiger partial charge is 0.148 e. The molecule has 9 heteroatoms. The molecule has 2 aromatic heterocycles. The molecule has 0 unspecified atom stereocenters. The number of hydrogen-bond acceptors (Lipinski definition) is 6. The van der Waals surface area contributed by atoms with Gasteiger partial charge in [0.05, 0.1) is 29.2 Å². The number of fused-ring (bicyclic) bond motifs is 1. The van der Waals surface area contributed by atoms with Crippen molar-refractivity contribution < 1.29 is 4.55 Å². The maximum Gasteiger partial charge on any atom is 0.148 e. The lowest BCUT2D eigenvalue weighted by molar-refractivity contribution is 0.139. The minimum Gasteiger partial charge on any atom is -0.598 e. The third-order valence-corrected chi connectivity index (χ3v) is 10.8. The number of rotatable bonds is 5. The summed E-state index contributed by atoms with van der Waals surface area (Å²) in [6.07, 6.45) is 10.6. The molecule has 190 valence electrons. The first-order valence-electron chi connectivity index (χ1n) is 12.2. The molecule has 1 aromatic carbocycles. The molecule has 2 aliphatic rings. The Morgan fingerprint density at radius 1 is 1.06 bits per heavy atom. The number of halogens is 2. The first-order chi connectivity index (χ1) is 17.2.